The minimum atomic E-state index is -0.0594. The van der Waals surface area contributed by atoms with Gasteiger partial charge in [-0.25, -0.2) is 4.98 Å². The van der Waals surface area contributed by atoms with Crippen LogP contribution in [0.3, 0.4) is 0 Å². The Balaban J connectivity index is 1.73. The maximum Gasteiger partial charge on any atom is 0.256 e. The summed E-state index contributed by atoms with van der Waals surface area (Å²) in [7, 11) is 3.46. The molecule has 7 heteroatoms. The number of amides is 2. The number of likely N-dealkylation sites (N-methyl/N-ethyl adjacent to an activating group) is 1. The Morgan fingerprint density at radius 1 is 1.42 bits per heavy atom. The van der Waals surface area contributed by atoms with Crippen molar-refractivity contribution in [2.45, 2.75) is 51.7 Å². The molecule has 1 aliphatic carbocycles. The van der Waals surface area contributed by atoms with Gasteiger partial charge in [-0.3, -0.25) is 14.5 Å². The molecule has 0 spiro atoms. The average Bonchev–Trinajstić information content (AvgIpc) is 3.27. The third-order valence-corrected chi connectivity index (χ3v) is 5.34. The van der Waals surface area contributed by atoms with Crippen LogP contribution in [0.2, 0.25) is 0 Å². The number of fused-ring (bicyclic) bond motifs is 1. The number of methoxy groups -OCH3 is 1. The Morgan fingerprint density at radius 3 is 2.81 bits per heavy atom. The largest absolute Gasteiger partial charge is 0.481 e. The highest BCUT2D eigenvalue weighted by Crippen LogP contribution is 2.33. The van der Waals surface area contributed by atoms with Crippen LogP contribution in [0, 0.1) is 0 Å². The van der Waals surface area contributed by atoms with E-state index >= 15 is 0 Å². The number of hydrogen-bond acceptors (Lipinski definition) is 5. The molecule has 7 nitrogen and oxygen atoms in total. The van der Waals surface area contributed by atoms with Gasteiger partial charge in [0.25, 0.3) is 5.91 Å². The van der Waals surface area contributed by atoms with Crippen LogP contribution < -0.4 is 10.1 Å². The van der Waals surface area contributed by atoms with Crippen molar-refractivity contribution in [2.75, 3.05) is 27.2 Å². The molecule has 142 valence electrons. The van der Waals surface area contributed by atoms with Crippen molar-refractivity contribution in [3.8, 4) is 5.88 Å². The van der Waals surface area contributed by atoms with Crippen molar-refractivity contribution >= 4 is 11.8 Å². The predicted octanol–water partition coefficient (Wildman–Crippen LogP) is 1.56. The number of rotatable bonds is 7. The van der Waals surface area contributed by atoms with Crippen molar-refractivity contribution < 1.29 is 14.3 Å². The van der Waals surface area contributed by atoms with E-state index in [0.29, 0.717) is 37.1 Å². The van der Waals surface area contributed by atoms with Gasteiger partial charge in [-0.1, -0.05) is 19.8 Å². The number of ether oxygens (including phenoxy) is 1. The quantitative estimate of drug-likeness (QED) is 0.799. The van der Waals surface area contributed by atoms with Gasteiger partial charge in [0.05, 0.1) is 31.5 Å². The maximum absolute atomic E-state index is 12.8. The molecule has 2 heterocycles. The standard InChI is InChI=1S/C19H28N4O3/c1-4-22(2)12-17(24)20-10-13-9-15-16(21-18(13)26-3)11-23(19(15)25)14-7-5-6-8-14/h9,14H,4-8,10-12H2,1-3H3,(H,20,24). The van der Waals surface area contributed by atoms with Gasteiger partial charge in [-0.2, -0.15) is 0 Å². The monoisotopic (exact) mass is 360 g/mol. The summed E-state index contributed by atoms with van der Waals surface area (Å²) in [6.45, 7) is 4.01. The van der Waals surface area contributed by atoms with E-state index in [4.69, 9.17) is 4.74 Å². The number of carbonyl (C=O) groups is 2. The minimum Gasteiger partial charge on any atom is -0.481 e. The van der Waals surface area contributed by atoms with Gasteiger partial charge in [0, 0.05) is 18.2 Å². The van der Waals surface area contributed by atoms with Crippen LogP contribution >= 0.6 is 0 Å². The molecular formula is C19H28N4O3. The van der Waals surface area contributed by atoms with Gasteiger partial charge >= 0.3 is 0 Å². The van der Waals surface area contributed by atoms with E-state index in [2.05, 4.69) is 10.3 Å². The lowest BCUT2D eigenvalue weighted by Crippen LogP contribution is -2.34. The number of nitrogens with zero attached hydrogens (tertiary/aromatic N) is 3. The van der Waals surface area contributed by atoms with E-state index in [0.717, 1.165) is 30.6 Å². The van der Waals surface area contributed by atoms with E-state index in [1.165, 1.54) is 12.8 Å². The summed E-state index contributed by atoms with van der Waals surface area (Å²) >= 11 is 0. The molecule has 1 aromatic heterocycles. The van der Waals surface area contributed by atoms with Crippen molar-refractivity contribution in [3.63, 3.8) is 0 Å². The minimum absolute atomic E-state index is 0.0559. The van der Waals surface area contributed by atoms with Crippen LogP contribution in [0.5, 0.6) is 5.88 Å². The van der Waals surface area contributed by atoms with Crippen LogP contribution in [-0.2, 0) is 17.9 Å². The smallest absolute Gasteiger partial charge is 0.256 e. The lowest BCUT2D eigenvalue weighted by atomic mass is 10.1. The van der Waals surface area contributed by atoms with E-state index in [1.807, 2.05) is 29.8 Å². The van der Waals surface area contributed by atoms with Gasteiger partial charge in [0.15, 0.2) is 0 Å². The topological polar surface area (TPSA) is 74.8 Å². The van der Waals surface area contributed by atoms with Crippen LogP contribution in [0.1, 0.15) is 54.2 Å². The molecular weight excluding hydrogens is 332 g/mol. The van der Waals surface area contributed by atoms with Crippen molar-refractivity contribution in [1.82, 2.24) is 20.1 Å². The van der Waals surface area contributed by atoms with Crippen molar-refractivity contribution in [2.24, 2.45) is 0 Å². The van der Waals surface area contributed by atoms with Gasteiger partial charge in [-0.15, -0.1) is 0 Å². The van der Waals surface area contributed by atoms with Crippen LogP contribution in [0.15, 0.2) is 6.07 Å². The summed E-state index contributed by atoms with van der Waals surface area (Å²) in [5.41, 5.74) is 2.16. The molecule has 0 atom stereocenters. The number of carbonyl (C=O) groups excluding carboxylic acids is 2. The van der Waals surface area contributed by atoms with Crippen LogP contribution in [0.25, 0.3) is 0 Å². The molecule has 0 bridgehead atoms. The molecule has 2 aliphatic rings. The molecule has 0 unspecified atom stereocenters. The predicted molar refractivity (Wildman–Crippen MR) is 97.9 cm³/mol. The molecule has 1 N–H and O–H groups in total. The Labute approximate surface area is 154 Å². The fraction of sp³-hybridized carbons (Fsp3) is 0.632. The SMILES string of the molecule is CCN(C)CC(=O)NCc1cc2c(nc1OC)CN(C1CCCC1)C2=O. The maximum atomic E-state index is 12.8. The average molecular weight is 360 g/mol. The zero-order valence-electron chi connectivity index (χ0n) is 15.9. The van der Waals surface area contributed by atoms with Crippen molar-refractivity contribution in [3.05, 3.63) is 22.9 Å². The van der Waals surface area contributed by atoms with Gasteiger partial charge in [0.1, 0.15) is 0 Å². The highest BCUT2D eigenvalue weighted by atomic mass is 16.5. The lowest BCUT2D eigenvalue weighted by Gasteiger charge is -2.22. The molecule has 3 rings (SSSR count). The van der Waals surface area contributed by atoms with Crippen LogP contribution in [-0.4, -0.2) is 59.9 Å². The first-order valence-corrected chi connectivity index (χ1v) is 9.36. The number of nitrogens with one attached hydrogen (secondary N) is 1. The fourth-order valence-corrected chi connectivity index (χ4v) is 3.69. The summed E-state index contributed by atoms with van der Waals surface area (Å²) in [6, 6.07) is 2.16. The summed E-state index contributed by atoms with van der Waals surface area (Å²) in [5.74, 6) is 0.477. The molecule has 0 radical (unpaired) electrons. The summed E-state index contributed by atoms with van der Waals surface area (Å²) in [4.78, 5) is 33.3. The zero-order valence-corrected chi connectivity index (χ0v) is 15.9. The van der Waals surface area contributed by atoms with Gasteiger partial charge < -0.3 is 15.0 Å². The van der Waals surface area contributed by atoms with E-state index in [1.54, 1.807) is 7.11 Å². The normalized spacial score (nSPS) is 17.1. The van der Waals surface area contributed by atoms with E-state index < -0.39 is 0 Å². The number of pyridine rings is 1. The first-order valence-electron chi connectivity index (χ1n) is 9.36. The highest BCUT2D eigenvalue weighted by molar-refractivity contribution is 5.98. The molecule has 1 saturated carbocycles. The molecule has 2 amide bonds. The Hall–Kier alpha value is -2.15. The van der Waals surface area contributed by atoms with E-state index in [9.17, 15) is 9.59 Å². The summed E-state index contributed by atoms with van der Waals surface area (Å²) in [5, 5.41) is 2.89. The zero-order chi connectivity index (χ0) is 18.7. The van der Waals surface area contributed by atoms with Crippen LogP contribution in [0.4, 0.5) is 0 Å². The summed E-state index contributed by atoms with van der Waals surface area (Å²) < 4.78 is 5.40. The Kier molecular flexibility index (Phi) is 5.76. The molecule has 1 aliphatic heterocycles. The molecule has 0 aromatic carbocycles. The molecule has 0 saturated heterocycles. The Morgan fingerprint density at radius 2 is 2.15 bits per heavy atom. The lowest BCUT2D eigenvalue weighted by molar-refractivity contribution is -0.122. The van der Waals surface area contributed by atoms with E-state index in [-0.39, 0.29) is 11.8 Å². The third-order valence-electron chi connectivity index (χ3n) is 5.34. The molecule has 1 fully saturated rings. The second kappa shape index (κ2) is 8.03. The second-order valence-corrected chi connectivity index (χ2v) is 7.13. The van der Waals surface area contributed by atoms with Gasteiger partial charge in [-0.05, 0) is 32.5 Å². The summed E-state index contributed by atoms with van der Waals surface area (Å²) in [6.07, 6.45) is 4.52. The van der Waals surface area contributed by atoms with Gasteiger partial charge in [0.2, 0.25) is 11.8 Å². The number of aromatic nitrogens is 1. The first kappa shape index (κ1) is 18.6. The fourth-order valence-electron chi connectivity index (χ4n) is 3.69. The molecule has 1 aromatic rings. The Bertz CT molecular complexity index is 686. The first-order chi connectivity index (χ1) is 12.5. The molecule has 26 heavy (non-hydrogen) atoms. The van der Waals surface area contributed by atoms with Crippen molar-refractivity contribution in [1.29, 1.82) is 0 Å². The second-order valence-electron chi connectivity index (χ2n) is 7.13. The third kappa shape index (κ3) is 3.82. The number of hydrogen-bond donors (Lipinski definition) is 1. The highest BCUT2D eigenvalue weighted by Gasteiger charge is 2.35.